The standard InChI is InChI=1S/C21H22Cl2N4O2S/c1-24-20-8-6-15(14-4-7-18(22)19(23)10-14)16-5-3-13(9-17(16)20)11-30(28,29)21-26-25-12-27(21)2/h3-5,7,9-10,12,15,20,24H,6,8,11H2,1-2H3/t15-,20-/m0/s1. The molecular weight excluding hydrogens is 443 g/mol. The Morgan fingerprint density at radius 1 is 1.10 bits per heavy atom. The van der Waals surface area contributed by atoms with Gasteiger partial charge in [-0.2, -0.15) is 0 Å². The van der Waals surface area contributed by atoms with Crippen molar-refractivity contribution in [2.75, 3.05) is 7.05 Å². The average molecular weight is 465 g/mol. The van der Waals surface area contributed by atoms with Crippen LogP contribution in [-0.4, -0.2) is 30.2 Å². The summed E-state index contributed by atoms with van der Waals surface area (Å²) in [6, 6.07) is 11.8. The van der Waals surface area contributed by atoms with E-state index in [9.17, 15) is 8.42 Å². The molecule has 0 spiro atoms. The fourth-order valence-corrected chi connectivity index (χ4v) is 5.90. The number of aryl methyl sites for hydroxylation is 1. The third kappa shape index (κ3) is 3.99. The van der Waals surface area contributed by atoms with E-state index >= 15 is 0 Å². The van der Waals surface area contributed by atoms with E-state index in [1.807, 2.05) is 43.4 Å². The number of halogens is 2. The van der Waals surface area contributed by atoms with Crippen LogP contribution in [0.1, 0.15) is 47.1 Å². The number of benzene rings is 2. The summed E-state index contributed by atoms with van der Waals surface area (Å²) in [5, 5.41) is 11.8. The number of sulfone groups is 1. The van der Waals surface area contributed by atoms with Gasteiger partial charge in [-0.15, -0.1) is 10.2 Å². The third-order valence-electron chi connectivity index (χ3n) is 5.65. The van der Waals surface area contributed by atoms with Gasteiger partial charge in [0.25, 0.3) is 0 Å². The molecule has 1 aliphatic carbocycles. The first kappa shape index (κ1) is 21.3. The van der Waals surface area contributed by atoms with Gasteiger partial charge in [-0.05, 0) is 54.3 Å². The molecule has 0 bridgehead atoms. The zero-order chi connectivity index (χ0) is 21.5. The summed E-state index contributed by atoms with van der Waals surface area (Å²) >= 11 is 12.3. The normalized spacial score (nSPS) is 18.9. The number of rotatable bonds is 5. The lowest BCUT2D eigenvalue weighted by Crippen LogP contribution is -2.24. The Labute approximate surface area is 186 Å². The van der Waals surface area contributed by atoms with Crippen LogP contribution >= 0.6 is 23.2 Å². The molecule has 0 unspecified atom stereocenters. The zero-order valence-electron chi connectivity index (χ0n) is 16.6. The van der Waals surface area contributed by atoms with E-state index < -0.39 is 9.84 Å². The highest BCUT2D eigenvalue weighted by Gasteiger charge is 2.29. The largest absolute Gasteiger partial charge is 0.313 e. The molecule has 2 atom stereocenters. The predicted molar refractivity (Wildman–Crippen MR) is 118 cm³/mol. The van der Waals surface area contributed by atoms with Gasteiger partial charge in [0.1, 0.15) is 6.33 Å². The average Bonchev–Trinajstić information content (AvgIpc) is 3.16. The molecule has 4 rings (SSSR count). The second-order valence-electron chi connectivity index (χ2n) is 7.59. The Kier molecular flexibility index (Phi) is 5.90. The van der Waals surface area contributed by atoms with Crippen LogP contribution in [0.5, 0.6) is 0 Å². The molecule has 0 saturated heterocycles. The van der Waals surface area contributed by atoms with Crippen molar-refractivity contribution in [3.63, 3.8) is 0 Å². The van der Waals surface area contributed by atoms with Crippen LogP contribution in [0, 0.1) is 0 Å². The monoisotopic (exact) mass is 464 g/mol. The van der Waals surface area contributed by atoms with Gasteiger partial charge in [-0.25, -0.2) is 8.42 Å². The molecule has 6 nitrogen and oxygen atoms in total. The van der Waals surface area contributed by atoms with Gasteiger partial charge in [-0.3, -0.25) is 0 Å². The van der Waals surface area contributed by atoms with Crippen molar-refractivity contribution in [1.82, 2.24) is 20.1 Å². The topological polar surface area (TPSA) is 76.9 Å². The number of hydrogen-bond donors (Lipinski definition) is 1. The van der Waals surface area contributed by atoms with E-state index in [0.29, 0.717) is 10.0 Å². The summed E-state index contributed by atoms with van der Waals surface area (Å²) < 4.78 is 27.0. The van der Waals surface area contributed by atoms with E-state index in [1.54, 1.807) is 7.05 Å². The first-order valence-electron chi connectivity index (χ1n) is 9.62. The second-order valence-corrected chi connectivity index (χ2v) is 10.3. The Hall–Kier alpha value is -1.93. The van der Waals surface area contributed by atoms with Gasteiger partial charge in [0.2, 0.25) is 15.0 Å². The lowest BCUT2D eigenvalue weighted by Gasteiger charge is -2.32. The van der Waals surface area contributed by atoms with Crippen molar-refractivity contribution in [3.8, 4) is 0 Å². The maximum Gasteiger partial charge on any atom is 0.249 e. The van der Waals surface area contributed by atoms with E-state index in [1.165, 1.54) is 16.5 Å². The predicted octanol–water partition coefficient (Wildman–Crippen LogP) is 4.28. The van der Waals surface area contributed by atoms with Crippen LogP contribution in [0.3, 0.4) is 0 Å². The van der Waals surface area contributed by atoms with Crippen LogP contribution in [0.4, 0.5) is 0 Å². The van der Waals surface area contributed by atoms with Gasteiger partial charge in [0.05, 0.1) is 15.8 Å². The van der Waals surface area contributed by atoms with E-state index in [-0.39, 0.29) is 22.9 Å². The minimum atomic E-state index is -3.59. The smallest absolute Gasteiger partial charge is 0.249 e. The highest BCUT2D eigenvalue weighted by atomic mass is 35.5. The number of hydrogen-bond acceptors (Lipinski definition) is 5. The Morgan fingerprint density at radius 2 is 1.90 bits per heavy atom. The maximum atomic E-state index is 12.8. The van der Waals surface area contributed by atoms with Crippen LogP contribution < -0.4 is 5.32 Å². The fraction of sp³-hybridized carbons (Fsp3) is 0.333. The van der Waals surface area contributed by atoms with Crippen molar-refractivity contribution < 1.29 is 8.42 Å². The summed E-state index contributed by atoms with van der Waals surface area (Å²) in [6.07, 6.45) is 3.29. The van der Waals surface area contributed by atoms with Crippen LogP contribution in [0.2, 0.25) is 10.0 Å². The Bertz CT molecular complexity index is 1190. The summed E-state index contributed by atoms with van der Waals surface area (Å²) in [7, 11) is -0.0395. The van der Waals surface area contributed by atoms with E-state index in [4.69, 9.17) is 23.2 Å². The van der Waals surface area contributed by atoms with E-state index in [2.05, 4.69) is 15.5 Å². The molecule has 1 aliphatic rings. The van der Waals surface area contributed by atoms with E-state index in [0.717, 1.165) is 29.5 Å². The molecule has 1 heterocycles. The summed E-state index contributed by atoms with van der Waals surface area (Å²) in [5.74, 6) is 0.0597. The molecule has 30 heavy (non-hydrogen) atoms. The highest BCUT2D eigenvalue weighted by Crippen LogP contribution is 2.42. The number of nitrogens with one attached hydrogen (secondary N) is 1. The number of fused-ring (bicyclic) bond motifs is 1. The fourth-order valence-electron chi connectivity index (χ4n) is 4.19. The molecule has 0 fully saturated rings. The third-order valence-corrected chi connectivity index (χ3v) is 8.02. The molecule has 2 aromatic carbocycles. The molecular formula is C21H22Cl2N4O2S. The summed E-state index contributed by atoms with van der Waals surface area (Å²) in [6.45, 7) is 0. The Balaban J connectivity index is 1.71. The molecule has 0 radical (unpaired) electrons. The minimum Gasteiger partial charge on any atom is -0.313 e. The summed E-state index contributed by atoms with van der Waals surface area (Å²) in [4.78, 5) is 0. The van der Waals surface area contributed by atoms with Crippen LogP contribution in [0.15, 0.2) is 47.9 Å². The van der Waals surface area contributed by atoms with Crippen molar-refractivity contribution in [2.45, 2.75) is 35.7 Å². The van der Waals surface area contributed by atoms with Gasteiger partial charge < -0.3 is 9.88 Å². The second kappa shape index (κ2) is 8.30. The van der Waals surface area contributed by atoms with Crippen molar-refractivity contribution >= 4 is 33.0 Å². The highest BCUT2D eigenvalue weighted by molar-refractivity contribution is 7.90. The Morgan fingerprint density at radius 3 is 2.57 bits per heavy atom. The molecule has 1 aromatic heterocycles. The number of aromatic nitrogens is 3. The molecule has 0 aliphatic heterocycles. The van der Waals surface area contributed by atoms with Crippen molar-refractivity contribution in [3.05, 3.63) is 75.0 Å². The van der Waals surface area contributed by atoms with Gasteiger partial charge in [-0.1, -0.05) is 47.5 Å². The van der Waals surface area contributed by atoms with Crippen LogP contribution in [0.25, 0.3) is 0 Å². The number of nitrogens with zero attached hydrogens (tertiary/aromatic N) is 3. The quantitative estimate of drug-likeness (QED) is 0.609. The first-order valence-corrected chi connectivity index (χ1v) is 12.0. The van der Waals surface area contributed by atoms with Crippen molar-refractivity contribution in [1.29, 1.82) is 0 Å². The van der Waals surface area contributed by atoms with Gasteiger partial charge >= 0.3 is 0 Å². The van der Waals surface area contributed by atoms with Crippen LogP contribution in [-0.2, 0) is 22.6 Å². The lowest BCUT2D eigenvalue weighted by atomic mass is 9.76. The molecule has 3 aromatic rings. The molecule has 0 saturated carbocycles. The molecule has 158 valence electrons. The van der Waals surface area contributed by atoms with Crippen molar-refractivity contribution in [2.24, 2.45) is 7.05 Å². The summed E-state index contributed by atoms with van der Waals surface area (Å²) in [5.41, 5.74) is 4.13. The molecule has 9 heteroatoms. The lowest BCUT2D eigenvalue weighted by molar-refractivity contribution is 0.470. The minimum absolute atomic E-state index is 0.0286. The zero-order valence-corrected chi connectivity index (χ0v) is 19.0. The molecule has 1 N–H and O–H groups in total. The molecule has 0 amide bonds. The SMILES string of the molecule is CN[C@H]1CC[C@@H](c2ccc(Cl)c(Cl)c2)c2ccc(CS(=O)(=O)c3nncn3C)cc21. The maximum absolute atomic E-state index is 12.8. The first-order chi connectivity index (χ1) is 14.3. The van der Waals surface area contributed by atoms with Gasteiger partial charge in [0, 0.05) is 19.0 Å². The van der Waals surface area contributed by atoms with Gasteiger partial charge in [0.15, 0.2) is 0 Å².